The van der Waals surface area contributed by atoms with Crippen molar-refractivity contribution in [3.63, 3.8) is 0 Å². The summed E-state index contributed by atoms with van der Waals surface area (Å²) < 4.78 is 5.53. The lowest BCUT2D eigenvalue weighted by molar-refractivity contribution is 0.406. The Balaban J connectivity index is 2.40. The molecule has 1 saturated carbocycles. The Hall–Kier alpha value is -1.02. The van der Waals surface area contributed by atoms with Crippen molar-refractivity contribution in [1.29, 1.82) is 0 Å². The van der Waals surface area contributed by atoms with Gasteiger partial charge in [-0.1, -0.05) is 19.9 Å². The second-order valence-electron chi connectivity index (χ2n) is 6.13. The molecule has 19 heavy (non-hydrogen) atoms. The van der Waals surface area contributed by atoms with Crippen LogP contribution in [0.15, 0.2) is 12.1 Å². The molecule has 0 saturated heterocycles. The van der Waals surface area contributed by atoms with Crippen LogP contribution in [-0.4, -0.2) is 13.7 Å². The molecular formula is C17H27NO. The summed E-state index contributed by atoms with van der Waals surface area (Å²) in [6.07, 6.45) is 3.84. The first kappa shape index (κ1) is 14.4. The van der Waals surface area contributed by atoms with Gasteiger partial charge < -0.3 is 10.5 Å². The van der Waals surface area contributed by atoms with E-state index in [9.17, 15) is 0 Å². The van der Waals surface area contributed by atoms with Gasteiger partial charge in [0.25, 0.3) is 0 Å². The predicted molar refractivity (Wildman–Crippen MR) is 81.0 cm³/mol. The molecule has 1 unspecified atom stereocenters. The molecule has 1 atom stereocenters. The quantitative estimate of drug-likeness (QED) is 0.841. The SMILES string of the molecule is COc1cc(C)c(C(CCN)C2CC2)cc1C(C)C. The molecule has 0 spiro atoms. The molecule has 0 heterocycles. The molecule has 1 aromatic rings. The predicted octanol–water partition coefficient (Wildman–Crippen LogP) is 3.97. The Kier molecular flexibility index (Phi) is 4.51. The Morgan fingerprint density at radius 2 is 1.95 bits per heavy atom. The Morgan fingerprint density at radius 3 is 2.42 bits per heavy atom. The normalized spacial score (nSPS) is 16.7. The van der Waals surface area contributed by atoms with Gasteiger partial charge in [-0.2, -0.15) is 0 Å². The summed E-state index contributed by atoms with van der Waals surface area (Å²) in [5, 5.41) is 0. The molecule has 0 aliphatic heterocycles. The third-order valence-electron chi connectivity index (χ3n) is 4.31. The molecule has 2 nitrogen and oxygen atoms in total. The van der Waals surface area contributed by atoms with Gasteiger partial charge in [-0.05, 0) is 73.2 Å². The van der Waals surface area contributed by atoms with Crippen molar-refractivity contribution in [3.05, 3.63) is 28.8 Å². The van der Waals surface area contributed by atoms with E-state index in [-0.39, 0.29) is 0 Å². The van der Waals surface area contributed by atoms with Crippen molar-refractivity contribution in [2.75, 3.05) is 13.7 Å². The van der Waals surface area contributed by atoms with E-state index in [4.69, 9.17) is 10.5 Å². The fraction of sp³-hybridized carbons (Fsp3) is 0.647. The maximum Gasteiger partial charge on any atom is 0.122 e. The van der Waals surface area contributed by atoms with Crippen LogP contribution in [0.5, 0.6) is 5.75 Å². The molecule has 2 heteroatoms. The van der Waals surface area contributed by atoms with Crippen LogP contribution in [0.25, 0.3) is 0 Å². The van der Waals surface area contributed by atoms with E-state index in [1.165, 1.54) is 29.5 Å². The maximum atomic E-state index is 5.81. The number of ether oxygens (including phenoxy) is 1. The standard InChI is InChI=1S/C17H27NO/c1-11(2)15-10-16(12(3)9-17(15)19-4)14(7-8-18)13-5-6-13/h9-11,13-14H,5-8,18H2,1-4H3. The van der Waals surface area contributed by atoms with Gasteiger partial charge in [0.1, 0.15) is 5.75 Å². The number of rotatable bonds is 6. The van der Waals surface area contributed by atoms with Gasteiger partial charge in [0, 0.05) is 0 Å². The summed E-state index contributed by atoms with van der Waals surface area (Å²) in [5.41, 5.74) is 9.99. The minimum atomic E-state index is 0.493. The van der Waals surface area contributed by atoms with Crippen LogP contribution < -0.4 is 10.5 Å². The van der Waals surface area contributed by atoms with Crippen molar-refractivity contribution >= 4 is 0 Å². The van der Waals surface area contributed by atoms with Gasteiger partial charge in [0.2, 0.25) is 0 Å². The summed E-state index contributed by atoms with van der Waals surface area (Å²) in [5.74, 6) is 3.02. The van der Waals surface area contributed by atoms with E-state index in [0.29, 0.717) is 11.8 Å². The lowest BCUT2D eigenvalue weighted by Gasteiger charge is -2.22. The second-order valence-corrected chi connectivity index (χ2v) is 6.13. The van der Waals surface area contributed by atoms with Crippen LogP contribution in [0.4, 0.5) is 0 Å². The van der Waals surface area contributed by atoms with Crippen LogP contribution in [0, 0.1) is 12.8 Å². The largest absolute Gasteiger partial charge is 0.496 e. The summed E-state index contributed by atoms with van der Waals surface area (Å²) in [4.78, 5) is 0. The topological polar surface area (TPSA) is 35.2 Å². The van der Waals surface area contributed by atoms with Gasteiger partial charge >= 0.3 is 0 Å². The highest BCUT2D eigenvalue weighted by Crippen LogP contribution is 2.46. The average molecular weight is 261 g/mol. The minimum Gasteiger partial charge on any atom is -0.496 e. The van der Waals surface area contributed by atoms with Crippen molar-refractivity contribution in [3.8, 4) is 5.75 Å². The number of methoxy groups -OCH3 is 1. The maximum absolute atomic E-state index is 5.81. The van der Waals surface area contributed by atoms with E-state index >= 15 is 0 Å². The Morgan fingerprint density at radius 1 is 1.26 bits per heavy atom. The average Bonchev–Trinajstić information content (AvgIpc) is 3.20. The van der Waals surface area contributed by atoms with Crippen LogP contribution in [0.3, 0.4) is 0 Å². The molecular weight excluding hydrogens is 234 g/mol. The van der Waals surface area contributed by atoms with E-state index in [1.807, 2.05) is 0 Å². The molecule has 1 aliphatic carbocycles. The molecule has 2 rings (SSSR count). The smallest absolute Gasteiger partial charge is 0.122 e. The van der Waals surface area contributed by atoms with Gasteiger partial charge in [0.15, 0.2) is 0 Å². The van der Waals surface area contributed by atoms with Crippen molar-refractivity contribution in [2.45, 2.75) is 51.9 Å². The van der Waals surface area contributed by atoms with Gasteiger partial charge in [-0.15, -0.1) is 0 Å². The number of benzene rings is 1. The lowest BCUT2D eigenvalue weighted by Crippen LogP contribution is -2.11. The zero-order chi connectivity index (χ0) is 14.0. The number of hydrogen-bond acceptors (Lipinski definition) is 2. The Bertz CT molecular complexity index is 435. The first-order valence-electron chi connectivity index (χ1n) is 7.47. The first-order valence-corrected chi connectivity index (χ1v) is 7.47. The highest BCUT2D eigenvalue weighted by Gasteiger charge is 2.33. The molecule has 1 aromatic carbocycles. The fourth-order valence-electron chi connectivity index (χ4n) is 3.07. The minimum absolute atomic E-state index is 0.493. The molecule has 1 aliphatic rings. The third-order valence-corrected chi connectivity index (χ3v) is 4.31. The van der Waals surface area contributed by atoms with E-state index in [0.717, 1.165) is 24.6 Å². The van der Waals surface area contributed by atoms with Gasteiger partial charge in [-0.3, -0.25) is 0 Å². The highest BCUT2D eigenvalue weighted by atomic mass is 16.5. The second kappa shape index (κ2) is 5.96. The first-order chi connectivity index (χ1) is 9.08. The van der Waals surface area contributed by atoms with Crippen LogP contribution in [0.1, 0.15) is 61.6 Å². The van der Waals surface area contributed by atoms with Crippen molar-refractivity contribution in [1.82, 2.24) is 0 Å². The van der Waals surface area contributed by atoms with Crippen molar-refractivity contribution < 1.29 is 4.74 Å². The van der Waals surface area contributed by atoms with Crippen LogP contribution >= 0.6 is 0 Å². The molecule has 0 bridgehead atoms. The Labute approximate surface area is 117 Å². The van der Waals surface area contributed by atoms with Gasteiger partial charge in [0.05, 0.1) is 7.11 Å². The summed E-state index contributed by atoms with van der Waals surface area (Å²) >= 11 is 0. The lowest BCUT2D eigenvalue weighted by atomic mass is 9.85. The number of hydrogen-bond donors (Lipinski definition) is 1. The highest BCUT2D eigenvalue weighted by molar-refractivity contribution is 5.45. The molecule has 0 radical (unpaired) electrons. The zero-order valence-electron chi connectivity index (χ0n) is 12.7. The van der Waals surface area contributed by atoms with Gasteiger partial charge in [-0.25, -0.2) is 0 Å². The third kappa shape index (κ3) is 3.11. The molecule has 0 aromatic heterocycles. The van der Waals surface area contributed by atoms with Crippen LogP contribution in [-0.2, 0) is 0 Å². The molecule has 106 valence electrons. The number of nitrogens with two attached hydrogens (primary N) is 1. The van der Waals surface area contributed by atoms with E-state index in [2.05, 4.69) is 32.9 Å². The summed E-state index contributed by atoms with van der Waals surface area (Å²) in [7, 11) is 1.76. The molecule has 0 amide bonds. The fourth-order valence-corrected chi connectivity index (χ4v) is 3.07. The van der Waals surface area contributed by atoms with E-state index in [1.54, 1.807) is 7.11 Å². The number of aryl methyl sites for hydroxylation is 1. The summed E-state index contributed by atoms with van der Waals surface area (Å²) in [6.45, 7) is 7.44. The zero-order valence-corrected chi connectivity index (χ0v) is 12.7. The monoisotopic (exact) mass is 261 g/mol. The molecule has 1 fully saturated rings. The summed E-state index contributed by atoms with van der Waals surface area (Å²) in [6, 6.07) is 4.58. The molecule has 2 N–H and O–H groups in total. The van der Waals surface area contributed by atoms with Crippen LogP contribution in [0.2, 0.25) is 0 Å². The van der Waals surface area contributed by atoms with E-state index < -0.39 is 0 Å². The van der Waals surface area contributed by atoms with Crippen molar-refractivity contribution in [2.24, 2.45) is 11.7 Å².